The van der Waals surface area contributed by atoms with Gasteiger partial charge < -0.3 is 0 Å². The van der Waals surface area contributed by atoms with Crippen LogP contribution in [0.15, 0.2) is 77.2 Å². The van der Waals surface area contributed by atoms with Gasteiger partial charge in [-0.05, 0) is 42.1 Å². The first-order valence-corrected chi connectivity index (χ1v) is 9.83. The number of hydrogen-bond acceptors (Lipinski definition) is 5. The zero-order valence-electron chi connectivity index (χ0n) is 13.3. The zero-order valence-corrected chi connectivity index (χ0v) is 15.0. The van der Waals surface area contributed by atoms with Gasteiger partial charge in [0.1, 0.15) is 0 Å². The van der Waals surface area contributed by atoms with E-state index in [0.717, 1.165) is 20.6 Å². The Bertz CT molecular complexity index is 1180. The van der Waals surface area contributed by atoms with Crippen molar-refractivity contribution >= 4 is 49.5 Å². The lowest BCUT2D eigenvalue weighted by Gasteiger charge is -2.14. The molecule has 0 unspecified atom stereocenters. The zero-order chi connectivity index (χ0) is 18.5. The standard InChI is InChI=1S/C18H12N2O4S2/c1-12-17(21)20(18(22)25-12)16-9-5-8-15-14(16)10-11-19(15)26(23,24)13-6-3-2-4-7-13/h2-11H,1H2. The SMILES string of the molecule is C=C1SC(=O)N(c2cccc3c2ccn3S(=O)(=O)c2ccccc2)C1=O. The highest BCUT2D eigenvalue weighted by Gasteiger charge is 2.36. The summed E-state index contributed by atoms with van der Waals surface area (Å²) in [5.41, 5.74) is 0.722. The summed E-state index contributed by atoms with van der Waals surface area (Å²) in [4.78, 5) is 25.7. The van der Waals surface area contributed by atoms with Crippen molar-refractivity contribution in [2.45, 2.75) is 4.90 Å². The lowest BCUT2D eigenvalue weighted by Crippen LogP contribution is -2.27. The molecular weight excluding hydrogens is 372 g/mol. The fourth-order valence-corrected chi connectivity index (χ4v) is 4.88. The predicted octanol–water partition coefficient (Wildman–Crippen LogP) is 3.59. The molecule has 1 aliphatic rings. The van der Waals surface area contributed by atoms with Gasteiger partial charge in [0.2, 0.25) is 0 Å². The molecule has 2 amide bonds. The summed E-state index contributed by atoms with van der Waals surface area (Å²) >= 11 is 0.767. The second-order valence-electron chi connectivity index (χ2n) is 5.57. The van der Waals surface area contributed by atoms with Crippen molar-refractivity contribution in [1.82, 2.24) is 3.97 Å². The minimum absolute atomic E-state index is 0.142. The van der Waals surface area contributed by atoms with Crippen LogP contribution in [0.3, 0.4) is 0 Å². The van der Waals surface area contributed by atoms with E-state index < -0.39 is 21.2 Å². The molecule has 4 rings (SSSR count). The van der Waals surface area contributed by atoms with Crippen LogP contribution >= 0.6 is 11.8 Å². The molecule has 0 bridgehead atoms. The summed E-state index contributed by atoms with van der Waals surface area (Å²) in [7, 11) is -3.79. The number of amides is 2. The van der Waals surface area contributed by atoms with E-state index in [9.17, 15) is 18.0 Å². The molecule has 2 heterocycles. The van der Waals surface area contributed by atoms with E-state index in [1.54, 1.807) is 42.5 Å². The molecule has 130 valence electrons. The largest absolute Gasteiger partial charge is 0.298 e. The van der Waals surface area contributed by atoms with Crippen molar-refractivity contribution in [2.75, 3.05) is 4.90 Å². The topological polar surface area (TPSA) is 76.5 Å². The fraction of sp³-hybridized carbons (Fsp3) is 0. The predicted molar refractivity (Wildman–Crippen MR) is 101 cm³/mol. The number of imide groups is 1. The van der Waals surface area contributed by atoms with Crippen LogP contribution < -0.4 is 4.90 Å². The van der Waals surface area contributed by atoms with Crippen LogP contribution in [0.4, 0.5) is 10.5 Å². The number of anilines is 1. The van der Waals surface area contributed by atoms with E-state index >= 15 is 0 Å². The molecule has 1 fully saturated rings. The van der Waals surface area contributed by atoms with E-state index in [1.807, 2.05) is 0 Å². The first-order valence-electron chi connectivity index (χ1n) is 7.57. The quantitative estimate of drug-likeness (QED) is 0.645. The molecule has 1 aliphatic heterocycles. The number of carbonyl (C=O) groups excluding carboxylic acids is 2. The molecule has 8 heteroatoms. The van der Waals surface area contributed by atoms with E-state index in [2.05, 4.69) is 6.58 Å². The van der Waals surface area contributed by atoms with Crippen molar-refractivity contribution in [3.63, 3.8) is 0 Å². The van der Waals surface area contributed by atoms with Gasteiger partial charge in [0.25, 0.3) is 21.2 Å². The van der Waals surface area contributed by atoms with Gasteiger partial charge in [-0.3, -0.25) is 9.59 Å². The fourth-order valence-electron chi connectivity index (χ4n) is 2.85. The van der Waals surface area contributed by atoms with Gasteiger partial charge in [-0.25, -0.2) is 17.3 Å². The van der Waals surface area contributed by atoms with Gasteiger partial charge in [0.15, 0.2) is 0 Å². The molecule has 2 aromatic carbocycles. The van der Waals surface area contributed by atoms with Crippen LogP contribution in [0, 0.1) is 0 Å². The van der Waals surface area contributed by atoms with Crippen molar-refractivity contribution < 1.29 is 18.0 Å². The monoisotopic (exact) mass is 384 g/mol. The van der Waals surface area contributed by atoms with Gasteiger partial charge >= 0.3 is 0 Å². The Morgan fingerprint density at radius 3 is 2.31 bits per heavy atom. The highest BCUT2D eigenvalue weighted by molar-refractivity contribution is 8.18. The van der Waals surface area contributed by atoms with Crippen molar-refractivity contribution in [3.05, 3.63) is 72.3 Å². The minimum Gasteiger partial charge on any atom is -0.268 e. The molecule has 1 aromatic heterocycles. The third-order valence-electron chi connectivity index (χ3n) is 4.05. The summed E-state index contributed by atoms with van der Waals surface area (Å²) in [5, 5.41) is 0.0372. The molecule has 1 saturated heterocycles. The summed E-state index contributed by atoms with van der Waals surface area (Å²) in [5.74, 6) is -0.494. The van der Waals surface area contributed by atoms with Crippen LogP contribution in [0.2, 0.25) is 0 Å². The number of rotatable bonds is 3. The van der Waals surface area contributed by atoms with Crippen LogP contribution in [-0.2, 0) is 14.8 Å². The Morgan fingerprint density at radius 1 is 0.923 bits per heavy atom. The van der Waals surface area contributed by atoms with Crippen LogP contribution in [0.5, 0.6) is 0 Å². The molecule has 0 atom stereocenters. The van der Waals surface area contributed by atoms with E-state index in [4.69, 9.17) is 0 Å². The number of hydrogen-bond donors (Lipinski definition) is 0. The van der Waals surface area contributed by atoms with Crippen LogP contribution in [0.1, 0.15) is 0 Å². The lowest BCUT2D eigenvalue weighted by molar-refractivity contribution is -0.113. The third-order valence-corrected chi connectivity index (χ3v) is 6.53. The Hall–Kier alpha value is -2.84. The van der Waals surface area contributed by atoms with Gasteiger partial charge in [-0.15, -0.1) is 0 Å². The molecule has 26 heavy (non-hydrogen) atoms. The van der Waals surface area contributed by atoms with E-state index in [1.165, 1.54) is 18.3 Å². The number of aromatic nitrogens is 1. The van der Waals surface area contributed by atoms with Gasteiger partial charge in [-0.1, -0.05) is 30.8 Å². The second kappa shape index (κ2) is 5.86. The van der Waals surface area contributed by atoms with Crippen molar-refractivity contribution in [2.24, 2.45) is 0 Å². The highest BCUT2D eigenvalue weighted by Crippen LogP contribution is 2.37. The number of nitrogens with zero attached hydrogens (tertiary/aromatic N) is 2. The molecule has 0 saturated carbocycles. The van der Waals surface area contributed by atoms with Crippen LogP contribution in [0.25, 0.3) is 10.9 Å². The van der Waals surface area contributed by atoms with Gasteiger partial charge in [0, 0.05) is 11.6 Å². The maximum atomic E-state index is 12.9. The maximum Gasteiger partial charge on any atom is 0.298 e. The first-order chi connectivity index (χ1) is 12.4. The highest BCUT2D eigenvalue weighted by atomic mass is 32.2. The minimum atomic E-state index is -3.79. The van der Waals surface area contributed by atoms with Crippen molar-refractivity contribution in [1.29, 1.82) is 0 Å². The maximum absolute atomic E-state index is 12.9. The summed E-state index contributed by atoms with van der Waals surface area (Å²) in [6.07, 6.45) is 1.42. The lowest BCUT2D eigenvalue weighted by atomic mass is 10.2. The third kappa shape index (κ3) is 2.38. The molecule has 0 aliphatic carbocycles. The summed E-state index contributed by atoms with van der Waals surface area (Å²) in [6.45, 7) is 3.58. The Kier molecular flexibility index (Phi) is 3.74. The molecule has 0 N–H and O–H groups in total. The number of thioether (sulfide) groups is 1. The average molecular weight is 384 g/mol. The molecule has 3 aromatic rings. The first kappa shape index (κ1) is 16.6. The Morgan fingerprint density at radius 2 is 1.65 bits per heavy atom. The second-order valence-corrected chi connectivity index (χ2v) is 8.43. The van der Waals surface area contributed by atoms with Crippen LogP contribution in [-0.4, -0.2) is 23.5 Å². The Labute approximate surface area is 153 Å². The number of carbonyl (C=O) groups is 2. The summed E-state index contributed by atoms with van der Waals surface area (Å²) in [6, 6.07) is 14.5. The molecule has 6 nitrogen and oxygen atoms in total. The molecule has 0 spiro atoms. The molecular formula is C18H12N2O4S2. The summed E-state index contributed by atoms with van der Waals surface area (Å²) < 4.78 is 27.0. The molecule has 0 radical (unpaired) electrons. The van der Waals surface area contributed by atoms with Gasteiger partial charge in [0.05, 0.1) is 21.0 Å². The van der Waals surface area contributed by atoms with E-state index in [-0.39, 0.29) is 9.80 Å². The number of fused-ring (bicyclic) bond motifs is 1. The Balaban J connectivity index is 1.91. The van der Waals surface area contributed by atoms with Gasteiger partial charge in [-0.2, -0.15) is 0 Å². The normalized spacial score (nSPS) is 15.2. The smallest absolute Gasteiger partial charge is 0.268 e. The van der Waals surface area contributed by atoms with E-state index in [0.29, 0.717) is 16.6 Å². The van der Waals surface area contributed by atoms with Crippen molar-refractivity contribution in [3.8, 4) is 0 Å². The number of benzene rings is 2. The average Bonchev–Trinajstić information content (AvgIpc) is 3.17.